The number of aryl methyl sites for hydroxylation is 3. The molecule has 0 bridgehead atoms. The van der Waals surface area contributed by atoms with Crippen molar-refractivity contribution >= 4 is 5.78 Å². The van der Waals surface area contributed by atoms with Crippen LogP contribution in [0.1, 0.15) is 46.6 Å². The third-order valence-electron chi connectivity index (χ3n) is 3.81. The van der Waals surface area contributed by atoms with Gasteiger partial charge in [0.05, 0.1) is 17.9 Å². The SMILES string of the molecule is Cc1cc(Cn2cc3c(c2)C(=O)CCCC3)n(C)n1. The molecule has 4 heteroatoms. The maximum atomic E-state index is 12.0. The first-order chi connectivity index (χ1) is 9.13. The molecule has 0 amide bonds. The number of hydrogen-bond acceptors (Lipinski definition) is 2. The van der Waals surface area contributed by atoms with Crippen molar-refractivity contribution in [3.8, 4) is 0 Å². The summed E-state index contributed by atoms with van der Waals surface area (Å²) < 4.78 is 4.02. The normalized spacial score (nSPS) is 15.4. The van der Waals surface area contributed by atoms with E-state index >= 15 is 0 Å². The summed E-state index contributed by atoms with van der Waals surface area (Å²) >= 11 is 0. The van der Waals surface area contributed by atoms with Gasteiger partial charge in [0, 0.05) is 31.4 Å². The minimum atomic E-state index is 0.299. The van der Waals surface area contributed by atoms with Crippen LogP contribution in [0.2, 0.25) is 0 Å². The molecule has 0 saturated carbocycles. The van der Waals surface area contributed by atoms with Crippen LogP contribution in [0.25, 0.3) is 0 Å². The Bertz CT molecular complexity index is 621. The van der Waals surface area contributed by atoms with E-state index in [0.717, 1.165) is 42.8 Å². The molecular formula is C15H19N3O. The van der Waals surface area contributed by atoms with Crippen LogP contribution < -0.4 is 0 Å². The molecular weight excluding hydrogens is 238 g/mol. The predicted molar refractivity (Wildman–Crippen MR) is 73.4 cm³/mol. The minimum absolute atomic E-state index is 0.299. The fourth-order valence-corrected chi connectivity index (χ4v) is 2.83. The van der Waals surface area contributed by atoms with E-state index < -0.39 is 0 Å². The van der Waals surface area contributed by atoms with Crippen LogP contribution in [0.4, 0.5) is 0 Å². The van der Waals surface area contributed by atoms with Gasteiger partial charge in [0.1, 0.15) is 0 Å². The highest BCUT2D eigenvalue weighted by atomic mass is 16.1. The zero-order valence-corrected chi connectivity index (χ0v) is 11.5. The highest BCUT2D eigenvalue weighted by Gasteiger charge is 2.18. The smallest absolute Gasteiger partial charge is 0.164 e. The lowest BCUT2D eigenvalue weighted by Gasteiger charge is -2.03. The Labute approximate surface area is 113 Å². The third kappa shape index (κ3) is 2.35. The van der Waals surface area contributed by atoms with Crippen molar-refractivity contribution in [3.05, 3.63) is 41.0 Å². The Morgan fingerprint density at radius 1 is 1.26 bits per heavy atom. The number of aromatic nitrogens is 3. The van der Waals surface area contributed by atoms with E-state index in [0.29, 0.717) is 12.2 Å². The summed E-state index contributed by atoms with van der Waals surface area (Å²) in [4.78, 5) is 12.0. The largest absolute Gasteiger partial charge is 0.347 e. The summed E-state index contributed by atoms with van der Waals surface area (Å²) in [5.74, 6) is 0.299. The molecule has 0 atom stereocenters. The minimum Gasteiger partial charge on any atom is -0.347 e. The number of ketones is 1. The zero-order chi connectivity index (χ0) is 13.4. The summed E-state index contributed by atoms with van der Waals surface area (Å²) in [6.45, 7) is 2.77. The number of hydrogen-bond donors (Lipinski definition) is 0. The van der Waals surface area contributed by atoms with Gasteiger partial charge in [-0.05, 0) is 37.8 Å². The summed E-state index contributed by atoms with van der Waals surface area (Å²) in [7, 11) is 1.96. The molecule has 0 unspecified atom stereocenters. The summed E-state index contributed by atoms with van der Waals surface area (Å²) in [6.07, 6.45) is 7.99. The van der Waals surface area contributed by atoms with Crippen molar-refractivity contribution < 1.29 is 4.79 Å². The van der Waals surface area contributed by atoms with E-state index in [4.69, 9.17) is 0 Å². The lowest BCUT2D eigenvalue weighted by molar-refractivity contribution is 0.0982. The second-order valence-electron chi connectivity index (χ2n) is 5.40. The van der Waals surface area contributed by atoms with Gasteiger partial charge in [0.15, 0.2) is 5.78 Å². The highest BCUT2D eigenvalue weighted by molar-refractivity contribution is 5.97. The fraction of sp³-hybridized carbons (Fsp3) is 0.467. The molecule has 0 fully saturated rings. The Hall–Kier alpha value is -1.84. The zero-order valence-electron chi connectivity index (χ0n) is 11.5. The molecule has 1 aliphatic carbocycles. The molecule has 100 valence electrons. The molecule has 0 spiro atoms. The van der Waals surface area contributed by atoms with E-state index in [2.05, 4.69) is 21.9 Å². The van der Waals surface area contributed by atoms with E-state index in [1.165, 1.54) is 5.56 Å². The maximum Gasteiger partial charge on any atom is 0.164 e. The molecule has 0 N–H and O–H groups in total. The van der Waals surface area contributed by atoms with Crippen molar-refractivity contribution in [3.63, 3.8) is 0 Å². The first-order valence-electron chi connectivity index (χ1n) is 6.85. The van der Waals surface area contributed by atoms with Crippen LogP contribution in [0.3, 0.4) is 0 Å². The van der Waals surface area contributed by atoms with Gasteiger partial charge < -0.3 is 4.57 Å². The van der Waals surface area contributed by atoms with Gasteiger partial charge in [-0.3, -0.25) is 9.48 Å². The van der Waals surface area contributed by atoms with Crippen LogP contribution in [0.5, 0.6) is 0 Å². The van der Waals surface area contributed by atoms with Crippen LogP contribution in [0.15, 0.2) is 18.5 Å². The Kier molecular flexibility index (Phi) is 3.01. The average molecular weight is 257 g/mol. The van der Waals surface area contributed by atoms with E-state index in [1.54, 1.807) is 0 Å². The lowest BCUT2D eigenvalue weighted by Crippen LogP contribution is -2.04. The fourth-order valence-electron chi connectivity index (χ4n) is 2.83. The molecule has 0 saturated heterocycles. The summed E-state index contributed by atoms with van der Waals surface area (Å²) in [5.41, 5.74) is 4.33. The molecule has 2 aromatic heterocycles. The van der Waals surface area contributed by atoms with Gasteiger partial charge in [0.25, 0.3) is 0 Å². The lowest BCUT2D eigenvalue weighted by atomic mass is 10.1. The summed E-state index contributed by atoms with van der Waals surface area (Å²) in [6, 6.07) is 2.09. The molecule has 19 heavy (non-hydrogen) atoms. The molecule has 0 aliphatic heterocycles. The molecule has 2 heterocycles. The number of Topliss-reactive ketones (excluding diaryl/α,β-unsaturated/α-hetero) is 1. The number of carbonyl (C=O) groups is 1. The van der Waals surface area contributed by atoms with E-state index in [9.17, 15) is 4.79 Å². The maximum absolute atomic E-state index is 12.0. The van der Waals surface area contributed by atoms with Crippen LogP contribution in [0, 0.1) is 6.92 Å². The van der Waals surface area contributed by atoms with E-state index in [1.807, 2.05) is 24.9 Å². The van der Waals surface area contributed by atoms with Crippen LogP contribution >= 0.6 is 0 Å². The van der Waals surface area contributed by atoms with Crippen molar-refractivity contribution in [1.29, 1.82) is 0 Å². The second kappa shape index (κ2) is 4.68. The highest BCUT2D eigenvalue weighted by Crippen LogP contribution is 2.22. The van der Waals surface area contributed by atoms with Gasteiger partial charge in [-0.25, -0.2) is 0 Å². The first-order valence-corrected chi connectivity index (χ1v) is 6.85. The third-order valence-corrected chi connectivity index (χ3v) is 3.81. The molecule has 0 aromatic carbocycles. The quantitative estimate of drug-likeness (QED) is 0.775. The topological polar surface area (TPSA) is 39.8 Å². The molecule has 4 nitrogen and oxygen atoms in total. The number of nitrogens with zero attached hydrogens (tertiary/aromatic N) is 3. The number of carbonyl (C=O) groups excluding carboxylic acids is 1. The van der Waals surface area contributed by atoms with Gasteiger partial charge in [-0.1, -0.05) is 0 Å². The standard InChI is InChI=1S/C15H19N3O/c1-11-7-13(17(2)16-11)9-18-8-12-5-3-4-6-15(19)14(12)10-18/h7-8,10H,3-6,9H2,1-2H3. The van der Waals surface area contributed by atoms with Crippen molar-refractivity contribution in [1.82, 2.24) is 14.3 Å². The molecule has 3 rings (SSSR count). The molecule has 0 radical (unpaired) electrons. The van der Waals surface area contributed by atoms with Crippen molar-refractivity contribution in [2.24, 2.45) is 7.05 Å². The predicted octanol–water partition coefficient (Wildman–Crippen LogP) is 2.49. The second-order valence-corrected chi connectivity index (χ2v) is 5.40. The van der Waals surface area contributed by atoms with Gasteiger partial charge in [-0.15, -0.1) is 0 Å². The van der Waals surface area contributed by atoms with Gasteiger partial charge in [-0.2, -0.15) is 5.10 Å². The average Bonchev–Trinajstić information content (AvgIpc) is 2.84. The van der Waals surface area contributed by atoms with Crippen molar-refractivity contribution in [2.45, 2.75) is 39.2 Å². The monoisotopic (exact) mass is 257 g/mol. The number of rotatable bonds is 2. The first kappa shape index (κ1) is 12.2. The Morgan fingerprint density at radius 2 is 2.05 bits per heavy atom. The van der Waals surface area contributed by atoms with Crippen LogP contribution in [-0.4, -0.2) is 20.1 Å². The Morgan fingerprint density at radius 3 is 2.79 bits per heavy atom. The van der Waals surface area contributed by atoms with Crippen LogP contribution in [-0.2, 0) is 20.0 Å². The number of fused-ring (bicyclic) bond motifs is 1. The van der Waals surface area contributed by atoms with Gasteiger partial charge in [0.2, 0.25) is 0 Å². The van der Waals surface area contributed by atoms with Crippen molar-refractivity contribution in [2.75, 3.05) is 0 Å². The van der Waals surface area contributed by atoms with E-state index in [-0.39, 0.29) is 0 Å². The van der Waals surface area contributed by atoms with Gasteiger partial charge >= 0.3 is 0 Å². The molecule has 2 aromatic rings. The molecule has 1 aliphatic rings. The Balaban J connectivity index is 1.89. The summed E-state index contributed by atoms with van der Waals surface area (Å²) in [5, 5.41) is 4.36.